The molecule has 122 valence electrons. The lowest BCUT2D eigenvalue weighted by Gasteiger charge is -2.24. The molecule has 0 aliphatic carbocycles. The van der Waals surface area contributed by atoms with Crippen LogP contribution in [0.25, 0.3) is 0 Å². The first-order valence-corrected chi connectivity index (χ1v) is 7.88. The van der Waals surface area contributed by atoms with Crippen LogP contribution in [0.2, 0.25) is 0 Å². The van der Waals surface area contributed by atoms with Gasteiger partial charge in [-0.1, -0.05) is 42.5 Å². The van der Waals surface area contributed by atoms with Crippen LogP contribution >= 0.6 is 0 Å². The Morgan fingerprint density at radius 1 is 1.13 bits per heavy atom. The van der Waals surface area contributed by atoms with E-state index in [9.17, 15) is 4.79 Å². The lowest BCUT2D eigenvalue weighted by atomic mass is 10.2. The van der Waals surface area contributed by atoms with Crippen LogP contribution in [0, 0.1) is 0 Å². The van der Waals surface area contributed by atoms with Crippen molar-refractivity contribution in [3.05, 3.63) is 60.2 Å². The van der Waals surface area contributed by atoms with E-state index in [1.165, 1.54) is 5.56 Å². The Labute approximate surface area is 138 Å². The number of nitrogens with zero attached hydrogens (tertiary/aromatic N) is 1. The first-order chi connectivity index (χ1) is 11.1. The molecule has 0 aliphatic rings. The summed E-state index contributed by atoms with van der Waals surface area (Å²) in [5, 5.41) is 2.96. The Morgan fingerprint density at radius 2 is 1.78 bits per heavy atom. The average Bonchev–Trinajstić information content (AvgIpc) is 2.57. The van der Waals surface area contributed by atoms with E-state index in [0.717, 1.165) is 6.54 Å². The predicted molar refractivity (Wildman–Crippen MR) is 93.6 cm³/mol. The molecule has 1 N–H and O–H groups in total. The van der Waals surface area contributed by atoms with Crippen molar-refractivity contribution in [2.24, 2.45) is 0 Å². The minimum Gasteiger partial charge on any atom is -0.492 e. The number of ether oxygens (including phenoxy) is 1. The molecule has 1 atom stereocenters. The summed E-state index contributed by atoms with van der Waals surface area (Å²) in [7, 11) is 1.95. The van der Waals surface area contributed by atoms with Crippen LogP contribution in [0.1, 0.15) is 19.4 Å². The monoisotopic (exact) mass is 312 g/mol. The zero-order valence-electron chi connectivity index (χ0n) is 14.0. The largest absolute Gasteiger partial charge is 0.492 e. The molecule has 0 aromatic heterocycles. The third-order valence-electron chi connectivity index (χ3n) is 3.76. The second-order valence-electron chi connectivity index (χ2n) is 5.50. The molecular weight excluding hydrogens is 288 g/mol. The summed E-state index contributed by atoms with van der Waals surface area (Å²) in [6, 6.07) is 17.4. The van der Waals surface area contributed by atoms with Gasteiger partial charge in [-0.2, -0.15) is 0 Å². The number of para-hydroxylation sites is 2. The highest BCUT2D eigenvalue weighted by Gasteiger charge is 2.19. The van der Waals surface area contributed by atoms with Crippen LogP contribution in [-0.4, -0.2) is 30.5 Å². The molecule has 2 rings (SSSR count). The number of hydrogen-bond donors (Lipinski definition) is 1. The van der Waals surface area contributed by atoms with Gasteiger partial charge in [0, 0.05) is 6.54 Å². The lowest BCUT2D eigenvalue weighted by molar-refractivity contribution is -0.120. The topological polar surface area (TPSA) is 41.6 Å². The summed E-state index contributed by atoms with van der Waals surface area (Å²) >= 11 is 0. The number of carbonyl (C=O) groups excluding carboxylic acids is 1. The van der Waals surface area contributed by atoms with E-state index < -0.39 is 0 Å². The van der Waals surface area contributed by atoms with Crippen molar-refractivity contribution >= 4 is 11.6 Å². The molecule has 0 saturated carbocycles. The van der Waals surface area contributed by atoms with Gasteiger partial charge in [-0.25, -0.2) is 0 Å². The Bertz CT molecular complexity index is 628. The van der Waals surface area contributed by atoms with Gasteiger partial charge in [0.1, 0.15) is 5.75 Å². The van der Waals surface area contributed by atoms with E-state index in [4.69, 9.17) is 4.74 Å². The maximum Gasteiger partial charge on any atom is 0.241 e. The average molecular weight is 312 g/mol. The van der Waals surface area contributed by atoms with Gasteiger partial charge in [0.2, 0.25) is 5.91 Å². The number of nitrogens with one attached hydrogen (secondary N) is 1. The Hall–Kier alpha value is -2.33. The van der Waals surface area contributed by atoms with E-state index >= 15 is 0 Å². The number of likely N-dealkylation sites (N-methyl/N-ethyl adjacent to an activating group) is 1. The molecule has 0 spiro atoms. The summed E-state index contributed by atoms with van der Waals surface area (Å²) in [4.78, 5) is 14.5. The molecule has 4 heteroatoms. The maximum atomic E-state index is 12.5. The minimum atomic E-state index is -0.245. The van der Waals surface area contributed by atoms with Crippen molar-refractivity contribution in [2.75, 3.05) is 19.0 Å². The van der Waals surface area contributed by atoms with Gasteiger partial charge in [-0.3, -0.25) is 9.69 Å². The third kappa shape index (κ3) is 4.83. The smallest absolute Gasteiger partial charge is 0.241 e. The van der Waals surface area contributed by atoms with Crippen LogP contribution in [0.3, 0.4) is 0 Å². The standard InChI is InChI=1S/C19H24N2O2/c1-4-23-18-13-9-8-12-17(18)20-19(22)15(2)21(3)14-16-10-6-5-7-11-16/h5-13,15H,4,14H2,1-3H3,(H,20,22)/t15-/m0/s1. The van der Waals surface area contributed by atoms with Crippen LogP contribution < -0.4 is 10.1 Å². The second kappa shape index (κ2) is 8.34. The summed E-state index contributed by atoms with van der Waals surface area (Å²) in [6.07, 6.45) is 0. The SMILES string of the molecule is CCOc1ccccc1NC(=O)[C@H](C)N(C)Cc1ccccc1. The Kier molecular flexibility index (Phi) is 6.18. The fourth-order valence-corrected chi connectivity index (χ4v) is 2.30. The summed E-state index contributed by atoms with van der Waals surface area (Å²) in [5.41, 5.74) is 1.89. The third-order valence-corrected chi connectivity index (χ3v) is 3.76. The van der Waals surface area contributed by atoms with E-state index in [0.29, 0.717) is 18.0 Å². The minimum absolute atomic E-state index is 0.0458. The van der Waals surface area contributed by atoms with Crippen LogP contribution in [0.4, 0.5) is 5.69 Å². The molecular formula is C19H24N2O2. The molecule has 23 heavy (non-hydrogen) atoms. The normalized spacial score (nSPS) is 12.0. The van der Waals surface area contributed by atoms with Crippen molar-refractivity contribution in [1.82, 2.24) is 4.90 Å². The molecule has 0 unspecified atom stereocenters. The van der Waals surface area contributed by atoms with E-state index in [2.05, 4.69) is 17.4 Å². The highest BCUT2D eigenvalue weighted by atomic mass is 16.5. The van der Waals surface area contributed by atoms with Gasteiger partial charge in [-0.05, 0) is 38.6 Å². The van der Waals surface area contributed by atoms with Gasteiger partial charge in [0.05, 0.1) is 18.3 Å². The van der Waals surface area contributed by atoms with Crippen molar-refractivity contribution in [3.63, 3.8) is 0 Å². The molecule has 0 saturated heterocycles. The molecule has 0 heterocycles. The number of anilines is 1. The molecule has 2 aromatic carbocycles. The van der Waals surface area contributed by atoms with Gasteiger partial charge in [0.15, 0.2) is 0 Å². The van der Waals surface area contributed by atoms with Crippen LogP contribution in [0.5, 0.6) is 5.75 Å². The molecule has 0 fully saturated rings. The lowest BCUT2D eigenvalue weighted by Crippen LogP contribution is -2.39. The first-order valence-electron chi connectivity index (χ1n) is 7.88. The number of amides is 1. The summed E-state index contributed by atoms with van der Waals surface area (Å²) in [6.45, 7) is 5.12. The fourth-order valence-electron chi connectivity index (χ4n) is 2.30. The number of benzene rings is 2. The second-order valence-corrected chi connectivity index (χ2v) is 5.50. The van der Waals surface area contributed by atoms with Crippen molar-refractivity contribution in [1.29, 1.82) is 0 Å². The quantitative estimate of drug-likeness (QED) is 0.850. The van der Waals surface area contributed by atoms with Crippen molar-refractivity contribution in [2.45, 2.75) is 26.4 Å². The van der Waals surface area contributed by atoms with Crippen molar-refractivity contribution < 1.29 is 9.53 Å². The Balaban J connectivity index is 1.99. The number of hydrogen-bond acceptors (Lipinski definition) is 3. The van der Waals surface area contributed by atoms with Gasteiger partial charge < -0.3 is 10.1 Å². The molecule has 4 nitrogen and oxygen atoms in total. The molecule has 2 aromatic rings. The molecule has 0 bridgehead atoms. The van der Waals surface area contributed by atoms with Gasteiger partial charge in [-0.15, -0.1) is 0 Å². The molecule has 0 radical (unpaired) electrons. The van der Waals surface area contributed by atoms with Gasteiger partial charge in [0.25, 0.3) is 0 Å². The highest BCUT2D eigenvalue weighted by Crippen LogP contribution is 2.24. The zero-order chi connectivity index (χ0) is 16.7. The number of rotatable bonds is 7. The summed E-state index contributed by atoms with van der Waals surface area (Å²) in [5.74, 6) is 0.650. The molecule has 1 amide bonds. The first kappa shape index (κ1) is 17.0. The molecule has 0 aliphatic heterocycles. The van der Waals surface area contributed by atoms with E-state index in [1.54, 1.807) is 0 Å². The highest BCUT2D eigenvalue weighted by molar-refractivity contribution is 5.95. The number of carbonyl (C=O) groups is 1. The summed E-state index contributed by atoms with van der Waals surface area (Å²) < 4.78 is 5.55. The van der Waals surface area contributed by atoms with Crippen molar-refractivity contribution in [3.8, 4) is 5.75 Å². The maximum absolute atomic E-state index is 12.5. The van der Waals surface area contributed by atoms with E-state index in [1.807, 2.05) is 68.3 Å². The van der Waals surface area contributed by atoms with Crippen LogP contribution in [-0.2, 0) is 11.3 Å². The van der Waals surface area contributed by atoms with E-state index in [-0.39, 0.29) is 11.9 Å². The predicted octanol–water partition coefficient (Wildman–Crippen LogP) is 3.54. The Morgan fingerprint density at radius 3 is 2.48 bits per heavy atom. The van der Waals surface area contributed by atoms with Gasteiger partial charge >= 0.3 is 0 Å². The van der Waals surface area contributed by atoms with Crippen LogP contribution in [0.15, 0.2) is 54.6 Å². The zero-order valence-corrected chi connectivity index (χ0v) is 14.0. The fraction of sp³-hybridized carbons (Fsp3) is 0.316.